The van der Waals surface area contributed by atoms with Crippen molar-refractivity contribution in [2.75, 3.05) is 13.1 Å². The number of halogens is 1. The molecule has 0 fully saturated rings. The summed E-state index contributed by atoms with van der Waals surface area (Å²) in [6.07, 6.45) is 3.91. The first-order valence-corrected chi connectivity index (χ1v) is 8.13. The molecule has 114 valence electrons. The Balaban J connectivity index is 2.53. The molecule has 0 aliphatic rings. The van der Waals surface area contributed by atoms with Gasteiger partial charge in [-0.15, -0.1) is 0 Å². The van der Waals surface area contributed by atoms with Crippen LogP contribution in [-0.4, -0.2) is 29.1 Å². The number of aliphatic hydroxyl groups excluding tert-OH is 1. The molecule has 0 saturated carbocycles. The number of rotatable bonds is 9. The highest BCUT2D eigenvalue weighted by Crippen LogP contribution is 2.21. The van der Waals surface area contributed by atoms with Crippen LogP contribution in [0.4, 0.5) is 0 Å². The SMILES string of the molecule is CCCCN(CCC(O)c1cccc(Cl)c1)C(C)CC. The minimum absolute atomic E-state index is 0.429. The molecule has 20 heavy (non-hydrogen) atoms. The Morgan fingerprint density at radius 1 is 1.25 bits per heavy atom. The summed E-state index contributed by atoms with van der Waals surface area (Å²) in [6.45, 7) is 8.75. The molecule has 0 bridgehead atoms. The van der Waals surface area contributed by atoms with Crippen LogP contribution in [0, 0.1) is 0 Å². The fraction of sp³-hybridized carbons (Fsp3) is 0.647. The smallest absolute Gasteiger partial charge is 0.0802 e. The Labute approximate surface area is 128 Å². The quantitative estimate of drug-likeness (QED) is 0.716. The van der Waals surface area contributed by atoms with E-state index in [1.165, 1.54) is 12.8 Å². The first kappa shape index (κ1) is 17.5. The number of hydrogen-bond acceptors (Lipinski definition) is 2. The Kier molecular flexibility index (Phi) is 8.20. The summed E-state index contributed by atoms with van der Waals surface area (Å²) >= 11 is 5.97. The first-order valence-electron chi connectivity index (χ1n) is 7.76. The molecule has 1 aromatic rings. The van der Waals surface area contributed by atoms with Gasteiger partial charge in [-0.3, -0.25) is 0 Å². The standard InChI is InChI=1S/C17H28ClNO/c1-4-6-11-19(14(3)5-2)12-10-17(20)15-8-7-9-16(18)13-15/h7-9,13-14,17,20H,4-6,10-12H2,1-3H3. The molecule has 3 heteroatoms. The van der Waals surface area contributed by atoms with Gasteiger partial charge in [0.15, 0.2) is 0 Å². The van der Waals surface area contributed by atoms with Crippen molar-refractivity contribution in [2.24, 2.45) is 0 Å². The van der Waals surface area contributed by atoms with E-state index in [0.29, 0.717) is 11.1 Å². The van der Waals surface area contributed by atoms with Crippen LogP contribution < -0.4 is 0 Å². The summed E-state index contributed by atoms with van der Waals surface area (Å²) in [4.78, 5) is 2.48. The fourth-order valence-electron chi connectivity index (χ4n) is 2.34. The summed E-state index contributed by atoms with van der Waals surface area (Å²) in [7, 11) is 0. The Morgan fingerprint density at radius 3 is 2.60 bits per heavy atom. The van der Waals surface area contributed by atoms with E-state index in [2.05, 4.69) is 25.7 Å². The van der Waals surface area contributed by atoms with Crippen molar-refractivity contribution >= 4 is 11.6 Å². The van der Waals surface area contributed by atoms with E-state index in [0.717, 1.165) is 31.5 Å². The average Bonchev–Trinajstić information content (AvgIpc) is 2.46. The van der Waals surface area contributed by atoms with Crippen molar-refractivity contribution in [2.45, 2.75) is 58.6 Å². The van der Waals surface area contributed by atoms with Gasteiger partial charge in [-0.05, 0) is 50.4 Å². The van der Waals surface area contributed by atoms with Crippen LogP contribution in [0.1, 0.15) is 58.1 Å². The van der Waals surface area contributed by atoms with Crippen molar-refractivity contribution in [1.82, 2.24) is 4.90 Å². The molecule has 0 aliphatic heterocycles. The van der Waals surface area contributed by atoms with Gasteiger partial charge in [0.25, 0.3) is 0 Å². The molecule has 2 unspecified atom stereocenters. The highest BCUT2D eigenvalue weighted by atomic mass is 35.5. The van der Waals surface area contributed by atoms with E-state index in [4.69, 9.17) is 11.6 Å². The van der Waals surface area contributed by atoms with Gasteiger partial charge in [-0.1, -0.05) is 44.0 Å². The van der Waals surface area contributed by atoms with E-state index in [1.807, 2.05) is 24.3 Å². The van der Waals surface area contributed by atoms with Crippen LogP contribution in [-0.2, 0) is 0 Å². The molecule has 0 amide bonds. The zero-order valence-corrected chi connectivity index (χ0v) is 13.7. The number of unbranched alkanes of at least 4 members (excludes halogenated alkanes) is 1. The van der Waals surface area contributed by atoms with Crippen molar-refractivity contribution in [3.8, 4) is 0 Å². The normalized spacial score (nSPS) is 14.5. The van der Waals surface area contributed by atoms with Crippen molar-refractivity contribution < 1.29 is 5.11 Å². The molecular weight excluding hydrogens is 270 g/mol. The predicted molar refractivity (Wildman–Crippen MR) is 87.3 cm³/mol. The van der Waals surface area contributed by atoms with E-state index >= 15 is 0 Å². The topological polar surface area (TPSA) is 23.5 Å². The Hall–Kier alpha value is -0.570. The van der Waals surface area contributed by atoms with E-state index in [1.54, 1.807) is 0 Å². The second-order valence-corrected chi connectivity index (χ2v) is 5.94. The minimum Gasteiger partial charge on any atom is -0.388 e. The lowest BCUT2D eigenvalue weighted by Crippen LogP contribution is -2.35. The highest BCUT2D eigenvalue weighted by molar-refractivity contribution is 6.30. The minimum atomic E-state index is -0.429. The maximum Gasteiger partial charge on any atom is 0.0802 e. The second kappa shape index (κ2) is 9.38. The zero-order valence-electron chi connectivity index (χ0n) is 13.0. The third-order valence-corrected chi connectivity index (χ3v) is 4.17. The molecule has 1 rings (SSSR count). The van der Waals surface area contributed by atoms with Gasteiger partial charge in [-0.2, -0.15) is 0 Å². The third kappa shape index (κ3) is 5.82. The third-order valence-electron chi connectivity index (χ3n) is 3.94. The monoisotopic (exact) mass is 297 g/mol. The molecular formula is C17H28ClNO. The molecule has 0 aromatic heterocycles. The summed E-state index contributed by atoms with van der Waals surface area (Å²) < 4.78 is 0. The zero-order chi connectivity index (χ0) is 15.0. The maximum atomic E-state index is 10.3. The van der Waals surface area contributed by atoms with Gasteiger partial charge in [0, 0.05) is 17.6 Å². The summed E-state index contributed by atoms with van der Waals surface area (Å²) in [6, 6.07) is 8.10. The lowest BCUT2D eigenvalue weighted by atomic mass is 10.1. The van der Waals surface area contributed by atoms with Gasteiger partial charge in [0.1, 0.15) is 0 Å². The van der Waals surface area contributed by atoms with E-state index in [9.17, 15) is 5.11 Å². The van der Waals surface area contributed by atoms with Crippen LogP contribution in [0.5, 0.6) is 0 Å². The lowest BCUT2D eigenvalue weighted by Gasteiger charge is -2.29. The van der Waals surface area contributed by atoms with Crippen LogP contribution in [0.25, 0.3) is 0 Å². The van der Waals surface area contributed by atoms with E-state index < -0.39 is 6.10 Å². The van der Waals surface area contributed by atoms with Gasteiger partial charge in [0.05, 0.1) is 6.10 Å². The van der Waals surface area contributed by atoms with Crippen molar-refractivity contribution in [3.05, 3.63) is 34.9 Å². The summed E-state index contributed by atoms with van der Waals surface area (Å²) in [5.74, 6) is 0. The first-order chi connectivity index (χ1) is 9.58. The fourth-order valence-corrected chi connectivity index (χ4v) is 2.54. The highest BCUT2D eigenvalue weighted by Gasteiger charge is 2.14. The summed E-state index contributed by atoms with van der Waals surface area (Å²) in [5.41, 5.74) is 0.914. The number of nitrogens with zero attached hydrogens (tertiary/aromatic N) is 1. The maximum absolute atomic E-state index is 10.3. The van der Waals surface area contributed by atoms with Crippen molar-refractivity contribution in [3.63, 3.8) is 0 Å². The van der Waals surface area contributed by atoms with Crippen LogP contribution in [0.15, 0.2) is 24.3 Å². The Bertz CT molecular complexity index is 383. The van der Waals surface area contributed by atoms with Crippen LogP contribution >= 0.6 is 11.6 Å². The predicted octanol–water partition coefficient (Wildman–Crippen LogP) is 4.66. The average molecular weight is 298 g/mol. The molecule has 0 saturated heterocycles. The molecule has 0 radical (unpaired) electrons. The molecule has 0 spiro atoms. The largest absolute Gasteiger partial charge is 0.388 e. The van der Waals surface area contributed by atoms with E-state index in [-0.39, 0.29) is 0 Å². The lowest BCUT2D eigenvalue weighted by molar-refractivity contribution is 0.124. The number of aliphatic hydroxyl groups is 1. The Morgan fingerprint density at radius 2 is 2.00 bits per heavy atom. The molecule has 1 N–H and O–H groups in total. The van der Waals surface area contributed by atoms with Crippen molar-refractivity contribution in [1.29, 1.82) is 0 Å². The molecule has 1 aromatic carbocycles. The van der Waals surface area contributed by atoms with Gasteiger partial charge in [-0.25, -0.2) is 0 Å². The number of hydrogen-bond donors (Lipinski definition) is 1. The summed E-state index contributed by atoms with van der Waals surface area (Å²) in [5, 5.41) is 11.0. The van der Waals surface area contributed by atoms with Gasteiger partial charge in [0.2, 0.25) is 0 Å². The van der Waals surface area contributed by atoms with Crippen LogP contribution in [0.2, 0.25) is 5.02 Å². The molecule has 2 nitrogen and oxygen atoms in total. The number of benzene rings is 1. The van der Waals surface area contributed by atoms with Crippen LogP contribution in [0.3, 0.4) is 0 Å². The second-order valence-electron chi connectivity index (χ2n) is 5.51. The molecule has 0 aliphatic carbocycles. The molecule has 2 atom stereocenters. The molecule has 0 heterocycles. The van der Waals surface area contributed by atoms with Gasteiger partial charge >= 0.3 is 0 Å². The van der Waals surface area contributed by atoms with Gasteiger partial charge < -0.3 is 10.0 Å².